The van der Waals surface area contributed by atoms with Crippen LogP contribution >= 0.6 is 0 Å². The fourth-order valence-corrected chi connectivity index (χ4v) is 1.29. The van der Waals surface area contributed by atoms with E-state index < -0.39 is 6.09 Å². The largest absolute Gasteiger partial charge is 0.448 e. The Labute approximate surface area is 84.7 Å². The van der Waals surface area contributed by atoms with Crippen molar-refractivity contribution in [3.05, 3.63) is 0 Å². The minimum Gasteiger partial charge on any atom is -0.448 e. The van der Waals surface area contributed by atoms with Crippen molar-refractivity contribution < 1.29 is 9.53 Å². The van der Waals surface area contributed by atoms with Gasteiger partial charge in [-0.15, -0.1) is 0 Å². The van der Waals surface area contributed by atoms with Gasteiger partial charge >= 0.3 is 6.09 Å². The molecule has 0 heterocycles. The lowest BCUT2D eigenvalue weighted by molar-refractivity contribution is 0.133. The first-order valence-corrected chi connectivity index (χ1v) is 5.16. The molecule has 1 rings (SSSR count). The Balaban J connectivity index is 2.17. The topological polar surface area (TPSA) is 50.7 Å². The normalized spacial score (nSPS) is 15.8. The number of rotatable bonds is 3. The average molecular weight is 198 g/mol. The molecule has 1 saturated carbocycles. The van der Waals surface area contributed by atoms with Crippen molar-refractivity contribution in [1.82, 2.24) is 5.43 Å². The van der Waals surface area contributed by atoms with Gasteiger partial charge in [0.1, 0.15) is 0 Å². The highest BCUT2D eigenvalue weighted by atomic mass is 16.6. The molecule has 0 aromatic rings. The van der Waals surface area contributed by atoms with Crippen LogP contribution in [0.4, 0.5) is 4.79 Å². The molecule has 1 amide bonds. The van der Waals surface area contributed by atoms with Crippen LogP contribution in [0, 0.1) is 5.92 Å². The molecule has 0 aliphatic heterocycles. The summed E-state index contributed by atoms with van der Waals surface area (Å²) in [5, 5.41) is 3.99. The van der Waals surface area contributed by atoms with Crippen molar-refractivity contribution in [2.75, 3.05) is 6.61 Å². The summed E-state index contributed by atoms with van der Waals surface area (Å²) < 4.78 is 4.91. The van der Waals surface area contributed by atoms with Crippen molar-refractivity contribution in [2.24, 2.45) is 11.0 Å². The zero-order valence-electron chi connectivity index (χ0n) is 8.88. The summed E-state index contributed by atoms with van der Waals surface area (Å²) in [7, 11) is 0. The summed E-state index contributed by atoms with van der Waals surface area (Å²) in [5.41, 5.74) is 3.48. The van der Waals surface area contributed by atoms with Crippen LogP contribution < -0.4 is 5.43 Å². The summed E-state index contributed by atoms with van der Waals surface area (Å²) in [5.74, 6) is 0.361. The number of amides is 1. The molecule has 0 unspecified atom stereocenters. The molecule has 1 aliphatic rings. The second kappa shape index (κ2) is 5.62. The highest BCUT2D eigenvalue weighted by Gasteiger charge is 2.09. The molecular weight excluding hydrogens is 180 g/mol. The van der Waals surface area contributed by atoms with Gasteiger partial charge in [0.05, 0.1) is 6.61 Å². The van der Waals surface area contributed by atoms with Gasteiger partial charge in [-0.05, 0) is 31.6 Å². The zero-order chi connectivity index (χ0) is 10.4. The van der Waals surface area contributed by atoms with Crippen molar-refractivity contribution >= 4 is 11.8 Å². The Morgan fingerprint density at radius 1 is 1.50 bits per heavy atom. The molecule has 4 nitrogen and oxygen atoms in total. The Morgan fingerprint density at radius 2 is 2.14 bits per heavy atom. The van der Waals surface area contributed by atoms with E-state index in [2.05, 4.69) is 10.5 Å². The molecule has 4 heteroatoms. The van der Waals surface area contributed by atoms with Crippen LogP contribution in [0.1, 0.15) is 39.5 Å². The zero-order valence-corrected chi connectivity index (χ0v) is 8.88. The summed E-state index contributed by atoms with van der Waals surface area (Å²) in [6, 6.07) is 0. The van der Waals surface area contributed by atoms with Gasteiger partial charge in [-0.1, -0.05) is 13.8 Å². The monoisotopic (exact) mass is 198 g/mol. The molecule has 14 heavy (non-hydrogen) atoms. The smallest absolute Gasteiger partial charge is 0.427 e. The van der Waals surface area contributed by atoms with E-state index >= 15 is 0 Å². The van der Waals surface area contributed by atoms with E-state index in [4.69, 9.17) is 4.74 Å². The van der Waals surface area contributed by atoms with Gasteiger partial charge in [0.25, 0.3) is 0 Å². The first-order valence-electron chi connectivity index (χ1n) is 5.16. The van der Waals surface area contributed by atoms with Crippen molar-refractivity contribution in [2.45, 2.75) is 39.5 Å². The predicted molar refractivity (Wildman–Crippen MR) is 55.2 cm³/mol. The van der Waals surface area contributed by atoms with Crippen LogP contribution in [0.25, 0.3) is 0 Å². The SMILES string of the molecule is CC(C)COC(=O)NN=C1CCCC1. The van der Waals surface area contributed by atoms with Crippen LogP contribution in [-0.2, 0) is 4.74 Å². The van der Waals surface area contributed by atoms with Gasteiger partial charge in [-0.25, -0.2) is 10.2 Å². The van der Waals surface area contributed by atoms with Crippen molar-refractivity contribution in [3.63, 3.8) is 0 Å². The van der Waals surface area contributed by atoms with E-state index in [-0.39, 0.29) is 0 Å². The van der Waals surface area contributed by atoms with Gasteiger partial charge in [0.15, 0.2) is 0 Å². The van der Waals surface area contributed by atoms with Gasteiger partial charge < -0.3 is 4.74 Å². The van der Waals surface area contributed by atoms with Crippen LogP contribution in [0.3, 0.4) is 0 Å². The quantitative estimate of drug-likeness (QED) is 0.707. The molecule has 0 aromatic heterocycles. The molecule has 80 valence electrons. The molecule has 0 aromatic carbocycles. The average Bonchev–Trinajstić information content (AvgIpc) is 2.63. The number of hydrogen-bond acceptors (Lipinski definition) is 3. The predicted octanol–water partition coefficient (Wildman–Crippen LogP) is 2.30. The van der Waals surface area contributed by atoms with Gasteiger partial charge in [-0.2, -0.15) is 5.10 Å². The van der Waals surface area contributed by atoms with Crippen LogP contribution in [0.2, 0.25) is 0 Å². The summed E-state index contributed by atoms with van der Waals surface area (Å²) >= 11 is 0. The Morgan fingerprint density at radius 3 is 2.71 bits per heavy atom. The molecule has 1 N–H and O–H groups in total. The second-order valence-electron chi connectivity index (χ2n) is 3.99. The standard InChI is InChI=1S/C10H18N2O2/c1-8(2)7-14-10(13)12-11-9-5-3-4-6-9/h8H,3-7H2,1-2H3,(H,12,13). The molecular formula is C10H18N2O2. The summed E-state index contributed by atoms with van der Waals surface area (Å²) in [4.78, 5) is 11.1. The number of nitrogens with zero attached hydrogens (tertiary/aromatic N) is 1. The lowest BCUT2D eigenvalue weighted by Gasteiger charge is -2.06. The van der Waals surface area contributed by atoms with Crippen LogP contribution in [-0.4, -0.2) is 18.4 Å². The maximum atomic E-state index is 11.1. The highest BCUT2D eigenvalue weighted by Crippen LogP contribution is 2.13. The highest BCUT2D eigenvalue weighted by molar-refractivity contribution is 5.86. The first kappa shape index (κ1) is 11.0. The molecule has 1 fully saturated rings. The second-order valence-corrected chi connectivity index (χ2v) is 3.99. The van der Waals surface area contributed by atoms with Crippen LogP contribution in [0.15, 0.2) is 5.10 Å². The van der Waals surface area contributed by atoms with E-state index in [0.29, 0.717) is 12.5 Å². The molecule has 0 spiro atoms. The molecule has 0 radical (unpaired) electrons. The molecule has 0 atom stereocenters. The number of hydrogen-bond donors (Lipinski definition) is 1. The van der Waals surface area contributed by atoms with E-state index in [1.807, 2.05) is 13.8 Å². The van der Waals surface area contributed by atoms with E-state index in [1.54, 1.807) is 0 Å². The fraction of sp³-hybridized carbons (Fsp3) is 0.800. The minimum atomic E-state index is -0.446. The van der Waals surface area contributed by atoms with Gasteiger partial charge in [0, 0.05) is 5.71 Å². The fourth-order valence-electron chi connectivity index (χ4n) is 1.29. The Kier molecular flexibility index (Phi) is 4.43. The van der Waals surface area contributed by atoms with E-state index in [1.165, 1.54) is 12.8 Å². The van der Waals surface area contributed by atoms with Crippen molar-refractivity contribution in [3.8, 4) is 0 Å². The molecule has 0 saturated heterocycles. The summed E-state index contributed by atoms with van der Waals surface area (Å²) in [6.45, 7) is 4.43. The Hall–Kier alpha value is -1.06. The summed E-state index contributed by atoms with van der Waals surface area (Å²) in [6.07, 6.45) is 3.93. The molecule has 0 bridgehead atoms. The number of carbonyl (C=O) groups excluding carboxylic acids is 1. The third-order valence-electron chi connectivity index (χ3n) is 2.03. The third kappa shape index (κ3) is 4.25. The van der Waals surface area contributed by atoms with Gasteiger partial charge in [0.2, 0.25) is 0 Å². The number of nitrogens with one attached hydrogen (secondary N) is 1. The molecule has 1 aliphatic carbocycles. The van der Waals surface area contributed by atoms with E-state index in [0.717, 1.165) is 18.6 Å². The van der Waals surface area contributed by atoms with Crippen molar-refractivity contribution in [1.29, 1.82) is 0 Å². The van der Waals surface area contributed by atoms with E-state index in [9.17, 15) is 4.79 Å². The number of hydrazone groups is 1. The van der Waals surface area contributed by atoms with Crippen LogP contribution in [0.5, 0.6) is 0 Å². The number of carbonyl (C=O) groups is 1. The lowest BCUT2D eigenvalue weighted by Crippen LogP contribution is -2.22. The minimum absolute atomic E-state index is 0.361. The third-order valence-corrected chi connectivity index (χ3v) is 2.03. The lowest BCUT2D eigenvalue weighted by atomic mass is 10.2. The maximum absolute atomic E-state index is 11.1. The maximum Gasteiger partial charge on any atom is 0.427 e. The Bertz CT molecular complexity index is 216. The number of ether oxygens (including phenoxy) is 1. The van der Waals surface area contributed by atoms with Gasteiger partial charge in [-0.3, -0.25) is 0 Å². The first-order chi connectivity index (χ1) is 6.68.